The second-order valence-electron chi connectivity index (χ2n) is 6.84. The van der Waals surface area contributed by atoms with Crippen molar-refractivity contribution in [2.75, 3.05) is 13.1 Å². The zero-order valence-electron chi connectivity index (χ0n) is 17.9. The SMILES string of the molecule is CCc1ncnc2c1CCN(Cc1ccncc1)CC2.O=C(O)C(F)(F)F.O=C(O)C(F)(F)F. The molecule has 3 heterocycles. The zero-order valence-corrected chi connectivity index (χ0v) is 17.9. The van der Waals surface area contributed by atoms with E-state index < -0.39 is 24.3 Å². The topological polar surface area (TPSA) is 117 Å². The monoisotopic (exact) mass is 496 g/mol. The Morgan fingerprint density at radius 1 is 0.941 bits per heavy atom. The van der Waals surface area contributed by atoms with Crippen molar-refractivity contribution in [1.82, 2.24) is 19.9 Å². The third-order valence-electron chi connectivity index (χ3n) is 4.44. The number of aromatic nitrogens is 3. The summed E-state index contributed by atoms with van der Waals surface area (Å²) in [6.07, 6.45) is -1.64. The molecule has 0 saturated heterocycles. The van der Waals surface area contributed by atoms with E-state index in [9.17, 15) is 26.3 Å². The number of halogens is 6. The average Bonchev–Trinajstić information content (AvgIpc) is 2.96. The van der Waals surface area contributed by atoms with Gasteiger partial charge in [0.05, 0.1) is 0 Å². The summed E-state index contributed by atoms with van der Waals surface area (Å²) in [4.78, 5) is 33.3. The van der Waals surface area contributed by atoms with E-state index in [4.69, 9.17) is 19.8 Å². The molecule has 0 aromatic carbocycles. The van der Waals surface area contributed by atoms with E-state index in [1.165, 1.54) is 22.5 Å². The Morgan fingerprint density at radius 2 is 1.44 bits per heavy atom. The molecule has 0 aliphatic carbocycles. The lowest BCUT2D eigenvalue weighted by Gasteiger charge is -2.19. The average molecular weight is 496 g/mol. The summed E-state index contributed by atoms with van der Waals surface area (Å²) < 4.78 is 63.5. The summed E-state index contributed by atoms with van der Waals surface area (Å²) in [6, 6.07) is 4.19. The Labute approximate surface area is 190 Å². The minimum Gasteiger partial charge on any atom is -0.475 e. The highest BCUT2D eigenvalue weighted by molar-refractivity contribution is 5.73. The summed E-state index contributed by atoms with van der Waals surface area (Å²) in [6.45, 7) is 5.30. The standard InChI is InChI=1S/C16H20N4.2C2HF3O2/c1-2-15-14-5-9-20(10-6-16(14)19-12-18-15)11-13-3-7-17-8-4-13;2*3-2(4,5)1(6)7/h3-4,7-8,12H,2,5-6,9-11H2,1H3;2*(H,6,7). The van der Waals surface area contributed by atoms with Crippen LogP contribution in [-0.2, 0) is 35.4 Å². The Hall–Kier alpha value is -3.29. The van der Waals surface area contributed by atoms with Gasteiger partial charge in [-0.15, -0.1) is 0 Å². The van der Waals surface area contributed by atoms with Gasteiger partial charge in [0.15, 0.2) is 0 Å². The van der Waals surface area contributed by atoms with Crippen molar-refractivity contribution in [3.05, 3.63) is 53.4 Å². The number of carboxylic acids is 2. The van der Waals surface area contributed by atoms with Crippen molar-refractivity contribution in [3.63, 3.8) is 0 Å². The molecule has 1 aliphatic rings. The van der Waals surface area contributed by atoms with Crippen LogP contribution in [0.2, 0.25) is 0 Å². The first-order chi connectivity index (χ1) is 15.8. The number of aryl methyl sites for hydroxylation is 1. The highest BCUT2D eigenvalue weighted by atomic mass is 19.4. The van der Waals surface area contributed by atoms with Crippen LogP contribution in [0, 0.1) is 0 Å². The number of alkyl halides is 6. The van der Waals surface area contributed by atoms with E-state index in [1.54, 1.807) is 6.33 Å². The molecule has 2 aromatic heterocycles. The minimum absolute atomic E-state index is 0.991. The molecule has 1 aliphatic heterocycles. The van der Waals surface area contributed by atoms with Crippen LogP contribution in [0.3, 0.4) is 0 Å². The van der Waals surface area contributed by atoms with Crippen LogP contribution >= 0.6 is 0 Å². The number of aliphatic carboxylic acids is 2. The number of carbonyl (C=O) groups is 2. The van der Waals surface area contributed by atoms with Gasteiger partial charge in [-0.3, -0.25) is 9.88 Å². The second kappa shape index (κ2) is 12.8. The van der Waals surface area contributed by atoms with Gasteiger partial charge in [0.25, 0.3) is 0 Å². The summed E-state index contributed by atoms with van der Waals surface area (Å²) >= 11 is 0. The summed E-state index contributed by atoms with van der Waals surface area (Å²) in [5, 5.41) is 14.2. The Balaban J connectivity index is 0.000000343. The van der Waals surface area contributed by atoms with Crippen LogP contribution in [0.1, 0.15) is 29.4 Å². The van der Waals surface area contributed by atoms with Crippen LogP contribution < -0.4 is 0 Å². The van der Waals surface area contributed by atoms with E-state index in [0.29, 0.717) is 0 Å². The van der Waals surface area contributed by atoms with Crippen LogP contribution in [0.15, 0.2) is 30.9 Å². The molecule has 8 nitrogen and oxygen atoms in total. The van der Waals surface area contributed by atoms with Gasteiger partial charge in [-0.2, -0.15) is 26.3 Å². The molecule has 0 unspecified atom stereocenters. The summed E-state index contributed by atoms with van der Waals surface area (Å²) in [7, 11) is 0. The smallest absolute Gasteiger partial charge is 0.475 e. The summed E-state index contributed by atoms with van der Waals surface area (Å²) in [5.74, 6) is -5.51. The fraction of sp³-hybridized carbons (Fsp3) is 0.450. The Kier molecular flexibility index (Phi) is 10.8. The fourth-order valence-corrected chi connectivity index (χ4v) is 2.85. The van der Waals surface area contributed by atoms with Crippen molar-refractivity contribution in [2.24, 2.45) is 0 Å². The van der Waals surface area contributed by atoms with Crippen molar-refractivity contribution >= 4 is 11.9 Å². The molecule has 0 atom stereocenters. The third-order valence-corrected chi connectivity index (χ3v) is 4.44. The normalized spacial score (nSPS) is 13.9. The lowest BCUT2D eigenvalue weighted by Crippen LogP contribution is -2.26. The molecule has 0 amide bonds. The second-order valence-corrected chi connectivity index (χ2v) is 6.84. The number of fused-ring (bicyclic) bond motifs is 1. The quantitative estimate of drug-likeness (QED) is 0.622. The maximum Gasteiger partial charge on any atom is 0.490 e. The molecule has 14 heteroatoms. The van der Waals surface area contributed by atoms with Crippen LogP contribution in [0.25, 0.3) is 0 Å². The number of rotatable bonds is 3. The van der Waals surface area contributed by atoms with E-state index in [2.05, 4.69) is 38.9 Å². The molecule has 2 N–H and O–H groups in total. The molecule has 0 saturated carbocycles. The molecule has 0 radical (unpaired) electrons. The van der Waals surface area contributed by atoms with Gasteiger partial charge >= 0.3 is 24.3 Å². The highest BCUT2D eigenvalue weighted by Gasteiger charge is 2.38. The van der Waals surface area contributed by atoms with E-state index in [1.807, 2.05) is 12.4 Å². The number of pyridine rings is 1. The molecule has 0 fully saturated rings. The van der Waals surface area contributed by atoms with Gasteiger partial charge in [-0.25, -0.2) is 19.6 Å². The molecular formula is C20H22F6N4O4. The Bertz CT molecular complexity index is 915. The number of nitrogens with zero attached hydrogens (tertiary/aromatic N) is 4. The first kappa shape index (κ1) is 28.7. The predicted octanol–water partition coefficient (Wildman–Crippen LogP) is 3.30. The van der Waals surface area contributed by atoms with Crippen molar-refractivity contribution < 1.29 is 46.1 Å². The highest BCUT2D eigenvalue weighted by Crippen LogP contribution is 2.18. The van der Waals surface area contributed by atoms with Crippen molar-refractivity contribution in [3.8, 4) is 0 Å². The van der Waals surface area contributed by atoms with E-state index in [0.717, 1.165) is 38.9 Å². The first-order valence-electron chi connectivity index (χ1n) is 9.78. The predicted molar refractivity (Wildman–Crippen MR) is 106 cm³/mol. The first-order valence-corrected chi connectivity index (χ1v) is 9.78. The lowest BCUT2D eigenvalue weighted by atomic mass is 10.1. The van der Waals surface area contributed by atoms with Gasteiger partial charge in [-0.1, -0.05) is 6.92 Å². The largest absolute Gasteiger partial charge is 0.490 e. The maximum absolute atomic E-state index is 10.6. The van der Waals surface area contributed by atoms with Gasteiger partial charge < -0.3 is 10.2 Å². The van der Waals surface area contributed by atoms with Gasteiger partial charge in [0.2, 0.25) is 0 Å². The molecule has 3 rings (SSSR count). The fourth-order valence-electron chi connectivity index (χ4n) is 2.85. The molecule has 0 spiro atoms. The van der Waals surface area contributed by atoms with Gasteiger partial charge in [0.1, 0.15) is 6.33 Å². The number of hydrogen-bond acceptors (Lipinski definition) is 6. The maximum atomic E-state index is 10.6. The zero-order chi connectivity index (χ0) is 25.9. The summed E-state index contributed by atoms with van der Waals surface area (Å²) in [5.41, 5.74) is 5.18. The van der Waals surface area contributed by atoms with E-state index >= 15 is 0 Å². The van der Waals surface area contributed by atoms with Crippen molar-refractivity contribution in [2.45, 2.75) is 45.1 Å². The lowest BCUT2D eigenvalue weighted by molar-refractivity contribution is -0.193. The number of hydrogen-bond donors (Lipinski definition) is 2. The van der Waals surface area contributed by atoms with Gasteiger partial charge in [0, 0.05) is 49.8 Å². The Morgan fingerprint density at radius 3 is 1.91 bits per heavy atom. The van der Waals surface area contributed by atoms with Crippen LogP contribution in [0.5, 0.6) is 0 Å². The third kappa shape index (κ3) is 10.1. The minimum atomic E-state index is -5.08. The molecule has 2 aromatic rings. The molecule has 0 bridgehead atoms. The molecular weight excluding hydrogens is 474 g/mol. The van der Waals surface area contributed by atoms with Gasteiger partial charge in [-0.05, 0) is 36.1 Å². The van der Waals surface area contributed by atoms with Crippen molar-refractivity contribution in [1.29, 1.82) is 0 Å². The van der Waals surface area contributed by atoms with E-state index in [-0.39, 0.29) is 0 Å². The van der Waals surface area contributed by atoms with Crippen LogP contribution in [0.4, 0.5) is 26.3 Å². The number of carboxylic acid groups (broad SMARTS) is 2. The van der Waals surface area contributed by atoms with Crippen LogP contribution in [-0.4, -0.2) is 67.4 Å². The molecule has 34 heavy (non-hydrogen) atoms. The molecule has 188 valence electrons.